The molecule has 0 saturated heterocycles. The summed E-state index contributed by atoms with van der Waals surface area (Å²) < 4.78 is 15.2. The molecule has 1 aliphatic rings. The van der Waals surface area contributed by atoms with Crippen LogP contribution in [0.2, 0.25) is 5.02 Å². The molecule has 188 valence electrons. The Balaban J connectivity index is 1.29. The molecule has 1 fully saturated rings. The van der Waals surface area contributed by atoms with E-state index < -0.39 is 5.82 Å². The SMILES string of the molecule is Nc1nc(NC2CC2)cc(-c2cc(O)c(CCCCCNC(=O)/C=C/c3cccnc3)c(Cl)c2F)n1. The molecule has 10 heteroatoms. The van der Waals surface area contributed by atoms with Crippen LogP contribution in [-0.2, 0) is 11.2 Å². The van der Waals surface area contributed by atoms with Gasteiger partial charge in [0, 0.05) is 48.2 Å². The monoisotopic (exact) mass is 510 g/mol. The maximum atomic E-state index is 15.2. The van der Waals surface area contributed by atoms with Gasteiger partial charge in [0.25, 0.3) is 0 Å². The number of nitrogens with zero attached hydrogens (tertiary/aromatic N) is 3. The van der Waals surface area contributed by atoms with Crippen LogP contribution in [0.15, 0.2) is 42.7 Å². The summed E-state index contributed by atoms with van der Waals surface area (Å²) in [5.41, 5.74) is 7.32. The molecule has 0 bridgehead atoms. The highest BCUT2D eigenvalue weighted by Crippen LogP contribution is 2.37. The van der Waals surface area contributed by atoms with Crippen LogP contribution in [0.25, 0.3) is 17.3 Å². The maximum Gasteiger partial charge on any atom is 0.243 e. The van der Waals surface area contributed by atoms with Crippen LogP contribution in [0.5, 0.6) is 5.75 Å². The molecule has 2 heterocycles. The van der Waals surface area contributed by atoms with E-state index in [4.69, 9.17) is 17.3 Å². The lowest BCUT2D eigenvalue weighted by Crippen LogP contribution is -2.22. The van der Waals surface area contributed by atoms with Crippen molar-refractivity contribution in [2.24, 2.45) is 0 Å². The lowest BCUT2D eigenvalue weighted by molar-refractivity contribution is -0.116. The number of unbranched alkanes of at least 4 members (excludes halogenated alkanes) is 2. The number of carbonyl (C=O) groups is 1. The highest BCUT2D eigenvalue weighted by Gasteiger charge is 2.23. The first-order valence-corrected chi connectivity index (χ1v) is 12.3. The highest BCUT2D eigenvalue weighted by molar-refractivity contribution is 6.32. The highest BCUT2D eigenvalue weighted by atomic mass is 35.5. The van der Waals surface area contributed by atoms with Gasteiger partial charge in [-0.15, -0.1) is 0 Å². The van der Waals surface area contributed by atoms with Crippen molar-refractivity contribution < 1.29 is 14.3 Å². The third-order valence-electron chi connectivity index (χ3n) is 5.75. The van der Waals surface area contributed by atoms with E-state index in [-0.39, 0.29) is 33.9 Å². The number of phenols is 1. The van der Waals surface area contributed by atoms with Gasteiger partial charge in [0.2, 0.25) is 11.9 Å². The summed E-state index contributed by atoms with van der Waals surface area (Å²) in [6, 6.07) is 6.93. The van der Waals surface area contributed by atoms with Gasteiger partial charge in [-0.3, -0.25) is 9.78 Å². The van der Waals surface area contributed by atoms with Crippen LogP contribution in [-0.4, -0.2) is 38.6 Å². The number of rotatable bonds is 11. The Hall–Kier alpha value is -3.72. The summed E-state index contributed by atoms with van der Waals surface area (Å²) in [6.45, 7) is 0.510. The standard InChI is InChI=1S/C26H28ClFN6O2/c27-24-18(6-2-1-3-12-31-23(36)10-7-16-5-4-11-30-15-16)21(35)13-19(25(24)28)20-14-22(32-17-8-9-17)34-26(29)33-20/h4-5,7,10-11,13-15,17,35H,1-3,6,8-9,12H2,(H,31,36)(H3,29,32,33,34)/b10-7+. The first kappa shape index (κ1) is 25.4. The minimum absolute atomic E-state index is 0.00870. The number of nitrogens with one attached hydrogen (secondary N) is 2. The second kappa shape index (κ2) is 11.8. The maximum absolute atomic E-state index is 15.2. The number of anilines is 2. The zero-order chi connectivity index (χ0) is 25.5. The Morgan fingerprint density at radius 1 is 1.25 bits per heavy atom. The molecule has 0 atom stereocenters. The second-order valence-electron chi connectivity index (χ2n) is 8.69. The third-order valence-corrected chi connectivity index (χ3v) is 6.14. The van der Waals surface area contributed by atoms with Gasteiger partial charge in [0.15, 0.2) is 5.82 Å². The van der Waals surface area contributed by atoms with Crippen LogP contribution in [0.4, 0.5) is 16.2 Å². The summed E-state index contributed by atoms with van der Waals surface area (Å²) in [7, 11) is 0. The first-order chi connectivity index (χ1) is 17.4. The number of phenolic OH excluding ortho intramolecular Hbond substituents is 1. The molecule has 0 unspecified atom stereocenters. The van der Waals surface area contributed by atoms with Crippen LogP contribution in [0.1, 0.15) is 43.2 Å². The molecule has 0 radical (unpaired) electrons. The van der Waals surface area contributed by atoms with Gasteiger partial charge in [-0.25, -0.2) is 9.37 Å². The Morgan fingerprint density at radius 3 is 2.83 bits per heavy atom. The van der Waals surface area contributed by atoms with Crippen LogP contribution in [0.3, 0.4) is 0 Å². The molecule has 0 aliphatic heterocycles. The molecule has 8 nitrogen and oxygen atoms in total. The predicted octanol–water partition coefficient (Wildman–Crippen LogP) is 4.74. The molecule has 4 rings (SSSR count). The lowest BCUT2D eigenvalue weighted by atomic mass is 10.0. The first-order valence-electron chi connectivity index (χ1n) is 11.9. The molecule has 36 heavy (non-hydrogen) atoms. The summed E-state index contributed by atoms with van der Waals surface area (Å²) in [5, 5.41) is 16.5. The number of benzene rings is 1. The van der Waals surface area contributed by atoms with Crippen LogP contribution in [0, 0.1) is 5.82 Å². The van der Waals surface area contributed by atoms with Crippen molar-refractivity contribution in [2.75, 3.05) is 17.6 Å². The van der Waals surface area contributed by atoms with E-state index in [0.717, 1.165) is 31.2 Å². The van der Waals surface area contributed by atoms with E-state index in [1.165, 1.54) is 12.1 Å². The number of hydrogen-bond acceptors (Lipinski definition) is 7. The van der Waals surface area contributed by atoms with E-state index in [2.05, 4.69) is 25.6 Å². The minimum atomic E-state index is -0.660. The zero-order valence-corrected chi connectivity index (χ0v) is 20.4. The summed E-state index contributed by atoms with van der Waals surface area (Å²) >= 11 is 6.30. The van der Waals surface area contributed by atoms with Crippen LogP contribution < -0.4 is 16.4 Å². The fraction of sp³-hybridized carbons (Fsp3) is 0.308. The minimum Gasteiger partial charge on any atom is -0.508 e. The fourth-order valence-corrected chi connectivity index (χ4v) is 4.00. The van der Waals surface area contributed by atoms with Crippen molar-refractivity contribution >= 4 is 35.4 Å². The topological polar surface area (TPSA) is 126 Å². The average Bonchev–Trinajstić information content (AvgIpc) is 3.68. The molecule has 1 saturated carbocycles. The fourth-order valence-electron chi connectivity index (χ4n) is 3.71. The average molecular weight is 511 g/mol. The second-order valence-corrected chi connectivity index (χ2v) is 9.06. The Bertz CT molecular complexity index is 1250. The van der Waals surface area contributed by atoms with Gasteiger partial charge >= 0.3 is 0 Å². The molecule has 0 spiro atoms. The molecular formula is C26H28ClFN6O2. The number of aromatic hydroxyl groups is 1. The van der Waals surface area contributed by atoms with Gasteiger partial charge < -0.3 is 21.5 Å². The van der Waals surface area contributed by atoms with Crippen molar-refractivity contribution in [2.45, 2.75) is 44.6 Å². The van der Waals surface area contributed by atoms with Gasteiger partial charge in [-0.1, -0.05) is 24.1 Å². The van der Waals surface area contributed by atoms with Crippen molar-refractivity contribution in [1.29, 1.82) is 0 Å². The van der Waals surface area contributed by atoms with Gasteiger partial charge in [0.05, 0.1) is 10.7 Å². The number of amides is 1. The smallest absolute Gasteiger partial charge is 0.243 e. The van der Waals surface area contributed by atoms with Crippen molar-refractivity contribution in [3.8, 4) is 17.0 Å². The zero-order valence-electron chi connectivity index (χ0n) is 19.7. The number of hydrogen-bond donors (Lipinski definition) is 4. The number of pyridine rings is 1. The molecular weight excluding hydrogens is 483 g/mol. The summed E-state index contributed by atoms with van der Waals surface area (Å²) in [5.74, 6) is -0.419. The largest absolute Gasteiger partial charge is 0.508 e. The number of nitrogens with two attached hydrogens (primary N) is 1. The van der Waals surface area contributed by atoms with Gasteiger partial charge in [-0.2, -0.15) is 4.98 Å². The number of nitrogen functional groups attached to an aromatic ring is 1. The van der Waals surface area contributed by atoms with Crippen molar-refractivity contribution in [1.82, 2.24) is 20.3 Å². The van der Waals surface area contributed by atoms with Gasteiger partial charge in [-0.05, 0) is 55.9 Å². The molecule has 5 N–H and O–H groups in total. The molecule has 3 aromatic rings. The van der Waals surface area contributed by atoms with Crippen molar-refractivity contribution in [3.63, 3.8) is 0 Å². The van der Waals surface area contributed by atoms with Crippen LogP contribution >= 0.6 is 11.6 Å². The van der Waals surface area contributed by atoms with Crippen molar-refractivity contribution in [3.05, 3.63) is 64.7 Å². The third kappa shape index (κ3) is 6.91. The van der Waals surface area contributed by atoms with Gasteiger partial charge in [0.1, 0.15) is 11.6 Å². The molecule has 2 aromatic heterocycles. The van der Waals surface area contributed by atoms with E-state index >= 15 is 4.39 Å². The number of carbonyl (C=O) groups excluding carboxylic acids is 1. The van der Waals surface area contributed by atoms with E-state index in [1.54, 1.807) is 30.6 Å². The Kier molecular flexibility index (Phi) is 8.32. The van der Waals surface area contributed by atoms with E-state index in [1.807, 2.05) is 6.07 Å². The Labute approximate surface area is 213 Å². The molecule has 1 amide bonds. The molecule has 1 aromatic carbocycles. The molecule has 1 aliphatic carbocycles. The predicted molar refractivity (Wildman–Crippen MR) is 139 cm³/mol. The summed E-state index contributed by atoms with van der Waals surface area (Å²) in [6.07, 6.45) is 11.2. The Morgan fingerprint density at radius 2 is 2.08 bits per heavy atom. The number of halogens is 2. The van der Waals surface area contributed by atoms with E-state index in [9.17, 15) is 9.90 Å². The summed E-state index contributed by atoms with van der Waals surface area (Å²) in [4.78, 5) is 24.2. The number of aromatic nitrogens is 3. The van der Waals surface area contributed by atoms with E-state index in [0.29, 0.717) is 36.8 Å². The normalized spacial score (nSPS) is 13.2. The lowest BCUT2D eigenvalue weighted by Gasteiger charge is -2.13. The quantitative estimate of drug-likeness (QED) is 0.217.